The first kappa shape index (κ1) is 12.8. The molecule has 1 rings (SSSR count). The molecule has 0 unspecified atom stereocenters. The first-order valence-electron chi connectivity index (χ1n) is 5.39. The minimum atomic E-state index is -1.79. The number of aryl methyl sites for hydroxylation is 1. The van der Waals surface area contributed by atoms with Crippen LogP contribution in [-0.4, -0.2) is 19.4 Å². The highest BCUT2D eigenvalue weighted by molar-refractivity contribution is 6.70. The van der Waals surface area contributed by atoms with Gasteiger partial charge in [-0.2, -0.15) is 0 Å². The fraction of sp³-hybridized carbons (Fsp3) is 0.417. The zero-order chi connectivity index (χ0) is 12.3. The summed E-state index contributed by atoms with van der Waals surface area (Å²) in [6, 6.07) is 5.28. The summed E-state index contributed by atoms with van der Waals surface area (Å²) in [4.78, 5) is 11.1. The Morgan fingerprint density at radius 3 is 2.44 bits per heavy atom. The molecular formula is C12H18O3Si. The van der Waals surface area contributed by atoms with Crippen molar-refractivity contribution in [3.05, 3.63) is 29.3 Å². The van der Waals surface area contributed by atoms with Gasteiger partial charge in [0.25, 0.3) is 0 Å². The van der Waals surface area contributed by atoms with E-state index in [2.05, 4.69) is 0 Å². The highest BCUT2D eigenvalue weighted by atomic mass is 28.4. The Balaban J connectivity index is 3.25. The normalized spacial score (nSPS) is 11.2. The zero-order valence-electron chi connectivity index (χ0n) is 10.2. The predicted octanol–water partition coefficient (Wildman–Crippen LogP) is 3.16. The van der Waals surface area contributed by atoms with Gasteiger partial charge in [-0.1, -0.05) is 19.1 Å². The van der Waals surface area contributed by atoms with Crippen molar-refractivity contribution in [1.29, 1.82) is 0 Å². The van der Waals surface area contributed by atoms with Crippen LogP contribution in [0, 0.1) is 0 Å². The van der Waals surface area contributed by atoms with E-state index in [9.17, 15) is 4.79 Å². The number of carboxylic acids is 1. The molecule has 0 aromatic heterocycles. The van der Waals surface area contributed by atoms with E-state index in [4.69, 9.17) is 9.53 Å². The van der Waals surface area contributed by atoms with Crippen molar-refractivity contribution in [2.24, 2.45) is 0 Å². The standard InChI is InChI=1S/C12H18O3Si/c1-5-9-7-6-8-10(12(13)14)11(9)15-16(2,3)4/h6-8H,5H2,1-4H3,(H,13,14). The van der Waals surface area contributed by atoms with Gasteiger partial charge in [0.15, 0.2) is 0 Å². The van der Waals surface area contributed by atoms with Crippen LogP contribution in [0.25, 0.3) is 0 Å². The summed E-state index contributed by atoms with van der Waals surface area (Å²) in [5.74, 6) is -0.375. The van der Waals surface area contributed by atoms with Gasteiger partial charge in [0.2, 0.25) is 8.32 Å². The van der Waals surface area contributed by atoms with Crippen molar-refractivity contribution in [2.45, 2.75) is 33.0 Å². The van der Waals surface area contributed by atoms with Crippen LogP contribution in [0.5, 0.6) is 5.75 Å². The minimum Gasteiger partial charge on any atom is -0.544 e. The number of aromatic carboxylic acids is 1. The predicted molar refractivity (Wildman–Crippen MR) is 66.8 cm³/mol. The molecule has 0 aliphatic carbocycles. The third-order valence-corrected chi connectivity index (χ3v) is 2.93. The summed E-state index contributed by atoms with van der Waals surface area (Å²) >= 11 is 0. The van der Waals surface area contributed by atoms with Crippen LogP contribution in [0.4, 0.5) is 0 Å². The van der Waals surface area contributed by atoms with Gasteiger partial charge in [-0.3, -0.25) is 0 Å². The number of hydrogen-bond acceptors (Lipinski definition) is 2. The van der Waals surface area contributed by atoms with Crippen molar-refractivity contribution in [2.75, 3.05) is 0 Å². The maximum atomic E-state index is 11.1. The number of carbonyl (C=O) groups is 1. The number of hydrogen-bond donors (Lipinski definition) is 1. The molecule has 0 aliphatic heterocycles. The first-order valence-corrected chi connectivity index (χ1v) is 8.80. The van der Waals surface area contributed by atoms with E-state index in [1.165, 1.54) is 0 Å². The molecule has 0 atom stereocenters. The van der Waals surface area contributed by atoms with Gasteiger partial charge in [-0.25, -0.2) is 4.79 Å². The molecular weight excluding hydrogens is 220 g/mol. The smallest absolute Gasteiger partial charge is 0.339 e. The van der Waals surface area contributed by atoms with Gasteiger partial charge in [-0.15, -0.1) is 0 Å². The largest absolute Gasteiger partial charge is 0.544 e. The Hall–Kier alpha value is -1.29. The molecule has 0 aliphatic rings. The third kappa shape index (κ3) is 3.10. The molecule has 1 N–H and O–H groups in total. The Kier molecular flexibility index (Phi) is 3.75. The van der Waals surface area contributed by atoms with E-state index in [1.54, 1.807) is 12.1 Å². The minimum absolute atomic E-state index is 0.266. The molecule has 88 valence electrons. The monoisotopic (exact) mass is 238 g/mol. The van der Waals surface area contributed by atoms with Gasteiger partial charge in [-0.05, 0) is 37.7 Å². The molecule has 0 heterocycles. The summed E-state index contributed by atoms with van der Waals surface area (Å²) in [6.45, 7) is 8.14. The molecule has 0 radical (unpaired) electrons. The summed E-state index contributed by atoms with van der Waals surface area (Å²) in [5, 5.41) is 9.12. The van der Waals surface area contributed by atoms with Gasteiger partial charge in [0.05, 0.1) is 0 Å². The number of para-hydroxylation sites is 1. The topological polar surface area (TPSA) is 46.5 Å². The summed E-state index contributed by atoms with van der Waals surface area (Å²) < 4.78 is 5.87. The SMILES string of the molecule is CCc1cccc(C(=O)O)c1O[Si](C)(C)C. The lowest BCUT2D eigenvalue weighted by molar-refractivity contribution is 0.0694. The van der Waals surface area contributed by atoms with E-state index in [0.717, 1.165) is 12.0 Å². The Morgan fingerprint density at radius 2 is 2.00 bits per heavy atom. The van der Waals surface area contributed by atoms with Crippen LogP contribution in [0.2, 0.25) is 19.6 Å². The van der Waals surface area contributed by atoms with Crippen molar-refractivity contribution in [3.63, 3.8) is 0 Å². The average molecular weight is 238 g/mol. The second-order valence-electron chi connectivity index (χ2n) is 4.67. The highest BCUT2D eigenvalue weighted by Crippen LogP contribution is 2.27. The Morgan fingerprint density at radius 1 is 1.38 bits per heavy atom. The van der Waals surface area contributed by atoms with Gasteiger partial charge in [0, 0.05) is 0 Å². The van der Waals surface area contributed by atoms with E-state index < -0.39 is 14.3 Å². The van der Waals surface area contributed by atoms with Crippen LogP contribution < -0.4 is 4.43 Å². The van der Waals surface area contributed by atoms with Crippen LogP contribution in [-0.2, 0) is 6.42 Å². The molecule has 0 spiro atoms. The summed E-state index contributed by atoms with van der Waals surface area (Å²) in [7, 11) is -1.79. The second-order valence-corrected chi connectivity index (χ2v) is 9.10. The van der Waals surface area contributed by atoms with E-state index in [1.807, 2.05) is 32.6 Å². The Labute approximate surface area is 97.2 Å². The van der Waals surface area contributed by atoms with E-state index in [-0.39, 0.29) is 5.56 Å². The lowest BCUT2D eigenvalue weighted by atomic mass is 10.1. The van der Waals surface area contributed by atoms with E-state index >= 15 is 0 Å². The molecule has 0 fully saturated rings. The number of carboxylic acid groups (broad SMARTS) is 1. The molecule has 16 heavy (non-hydrogen) atoms. The fourth-order valence-corrected chi connectivity index (χ4v) is 2.31. The van der Waals surface area contributed by atoms with Crippen molar-refractivity contribution < 1.29 is 14.3 Å². The van der Waals surface area contributed by atoms with Gasteiger partial charge in [0.1, 0.15) is 11.3 Å². The number of rotatable bonds is 4. The number of benzene rings is 1. The van der Waals surface area contributed by atoms with Crippen LogP contribution in [0.15, 0.2) is 18.2 Å². The molecule has 3 nitrogen and oxygen atoms in total. The zero-order valence-corrected chi connectivity index (χ0v) is 11.2. The van der Waals surface area contributed by atoms with Crippen LogP contribution >= 0.6 is 0 Å². The third-order valence-electron chi connectivity index (χ3n) is 2.12. The molecule has 0 saturated carbocycles. The Bertz CT molecular complexity index is 394. The summed E-state index contributed by atoms with van der Waals surface area (Å²) in [5.41, 5.74) is 1.23. The van der Waals surface area contributed by atoms with Crippen molar-refractivity contribution in [1.82, 2.24) is 0 Å². The lowest BCUT2D eigenvalue weighted by Gasteiger charge is -2.22. The molecule has 4 heteroatoms. The van der Waals surface area contributed by atoms with Gasteiger partial charge < -0.3 is 9.53 Å². The van der Waals surface area contributed by atoms with Crippen molar-refractivity contribution in [3.8, 4) is 5.75 Å². The average Bonchev–Trinajstić information content (AvgIpc) is 2.15. The fourth-order valence-electron chi connectivity index (χ4n) is 1.46. The molecule has 0 saturated heterocycles. The van der Waals surface area contributed by atoms with Crippen LogP contribution in [0.3, 0.4) is 0 Å². The lowest BCUT2D eigenvalue weighted by Crippen LogP contribution is -2.30. The van der Waals surface area contributed by atoms with Crippen LogP contribution in [0.1, 0.15) is 22.8 Å². The van der Waals surface area contributed by atoms with E-state index in [0.29, 0.717) is 5.75 Å². The molecule has 0 bridgehead atoms. The molecule has 1 aromatic carbocycles. The second kappa shape index (κ2) is 4.70. The highest BCUT2D eigenvalue weighted by Gasteiger charge is 2.22. The summed E-state index contributed by atoms with van der Waals surface area (Å²) in [6.07, 6.45) is 0.779. The maximum absolute atomic E-state index is 11.1. The molecule has 0 amide bonds. The maximum Gasteiger partial charge on any atom is 0.339 e. The molecule has 1 aromatic rings. The van der Waals surface area contributed by atoms with Crippen molar-refractivity contribution >= 4 is 14.3 Å². The first-order chi connectivity index (χ1) is 7.35. The van der Waals surface area contributed by atoms with Gasteiger partial charge >= 0.3 is 5.97 Å². The quantitative estimate of drug-likeness (QED) is 0.820.